The molecular formula is C32H33ClN4O4. The van der Waals surface area contributed by atoms with Crippen LogP contribution in [0.15, 0.2) is 86.9 Å². The molecule has 0 aliphatic carbocycles. The SMILES string of the molecule is CCCCc1nc(C)n(-c2ccc(OCC)cc2)c(=O)c1Cc1ccc(-c2ccccc2-c2noc(=O)[nH]2)cc1.Cl. The summed E-state index contributed by atoms with van der Waals surface area (Å²) < 4.78 is 12.0. The molecule has 41 heavy (non-hydrogen) atoms. The van der Waals surface area contributed by atoms with E-state index in [1.54, 1.807) is 4.57 Å². The molecule has 212 valence electrons. The number of unbranched alkanes of at least 4 members (excludes halogenated alkanes) is 1. The molecule has 0 saturated heterocycles. The van der Waals surface area contributed by atoms with E-state index >= 15 is 0 Å². The molecule has 0 fully saturated rings. The monoisotopic (exact) mass is 572 g/mol. The number of nitrogens with zero attached hydrogens (tertiary/aromatic N) is 3. The Morgan fingerprint density at radius 2 is 1.63 bits per heavy atom. The Morgan fingerprint density at radius 1 is 0.927 bits per heavy atom. The second kappa shape index (κ2) is 13.3. The first-order chi connectivity index (χ1) is 19.5. The molecule has 3 aromatic carbocycles. The van der Waals surface area contributed by atoms with Crippen LogP contribution < -0.4 is 16.1 Å². The van der Waals surface area contributed by atoms with Crippen molar-refractivity contribution in [1.29, 1.82) is 0 Å². The van der Waals surface area contributed by atoms with Crippen molar-refractivity contribution in [3.63, 3.8) is 0 Å². The molecular weight excluding hydrogens is 540 g/mol. The van der Waals surface area contributed by atoms with Crippen LogP contribution in [0, 0.1) is 6.92 Å². The number of aromatic amines is 1. The van der Waals surface area contributed by atoms with E-state index in [0.717, 1.165) is 58.6 Å². The van der Waals surface area contributed by atoms with Gasteiger partial charge in [-0.1, -0.05) is 67.0 Å². The first-order valence-electron chi connectivity index (χ1n) is 13.6. The molecule has 0 bridgehead atoms. The lowest BCUT2D eigenvalue weighted by Gasteiger charge is -2.16. The summed E-state index contributed by atoms with van der Waals surface area (Å²) in [6.45, 7) is 6.54. The zero-order valence-corrected chi connectivity index (χ0v) is 24.2. The van der Waals surface area contributed by atoms with Crippen LogP contribution in [0.2, 0.25) is 0 Å². The number of halogens is 1. The highest BCUT2D eigenvalue weighted by molar-refractivity contribution is 5.85. The van der Waals surface area contributed by atoms with Gasteiger partial charge in [0.25, 0.3) is 5.56 Å². The second-order valence-electron chi connectivity index (χ2n) is 9.62. The van der Waals surface area contributed by atoms with Crippen molar-refractivity contribution in [3.8, 4) is 34.0 Å². The highest BCUT2D eigenvalue weighted by Gasteiger charge is 2.17. The number of rotatable bonds is 10. The summed E-state index contributed by atoms with van der Waals surface area (Å²) in [5, 5.41) is 3.85. The number of H-pyrrole nitrogens is 1. The normalized spacial score (nSPS) is 10.8. The first kappa shape index (κ1) is 29.6. The Labute approximate surface area is 244 Å². The third kappa shape index (κ3) is 6.49. The predicted molar refractivity (Wildman–Crippen MR) is 162 cm³/mol. The van der Waals surface area contributed by atoms with Gasteiger partial charge < -0.3 is 4.74 Å². The van der Waals surface area contributed by atoms with Crippen molar-refractivity contribution in [2.75, 3.05) is 6.61 Å². The molecule has 8 nitrogen and oxygen atoms in total. The molecule has 2 heterocycles. The van der Waals surface area contributed by atoms with E-state index in [9.17, 15) is 9.59 Å². The average Bonchev–Trinajstić information content (AvgIpc) is 3.41. The molecule has 0 unspecified atom stereocenters. The van der Waals surface area contributed by atoms with Crippen LogP contribution in [0.4, 0.5) is 0 Å². The van der Waals surface area contributed by atoms with Crippen molar-refractivity contribution in [1.82, 2.24) is 19.7 Å². The molecule has 5 aromatic rings. The van der Waals surface area contributed by atoms with Gasteiger partial charge in [-0.2, -0.15) is 0 Å². The summed E-state index contributed by atoms with van der Waals surface area (Å²) in [4.78, 5) is 33.0. The van der Waals surface area contributed by atoms with Gasteiger partial charge in [0.1, 0.15) is 11.6 Å². The largest absolute Gasteiger partial charge is 0.494 e. The van der Waals surface area contributed by atoms with E-state index in [-0.39, 0.29) is 18.0 Å². The smallest absolute Gasteiger partial charge is 0.439 e. The minimum absolute atomic E-state index is 0. The second-order valence-corrected chi connectivity index (χ2v) is 9.62. The molecule has 1 N–H and O–H groups in total. The third-order valence-electron chi connectivity index (χ3n) is 6.87. The summed E-state index contributed by atoms with van der Waals surface area (Å²) in [5.74, 6) is 1.22. The van der Waals surface area contributed by atoms with Gasteiger partial charge in [-0.25, -0.2) is 9.78 Å². The van der Waals surface area contributed by atoms with Crippen LogP contribution in [-0.4, -0.2) is 26.3 Å². The van der Waals surface area contributed by atoms with Crippen LogP contribution in [0.1, 0.15) is 49.3 Å². The van der Waals surface area contributed by atoms with Gasteiger partial charge in [-0.05, 0) is 67.6 Å². The van der Waals surface area contributed by atoms with Crippen molar-refractivity contribution in [2.45, 2.75) is 46.5 Å². The quantitative estimate of drug-likeness (QED) is 0.210. The lowest BCUT2D eigenvalue weighted by molar-refractivity contribution is 0.340. The van der Waals surface area contributed by atoms with Crippen molar-refractivity contribution >= 4 is 12.4 Å². The van der Waals surface area contributed by atoms with Crippen molar-refractivity contribution in [3.05, 3.63) is 116 Å². The number of hydrogen-bond donors (Lipinski definition) is 1. The van der Waals surface area contributed by atoms with Gasteiger partial charge in [0, 0.05) is 17.5 Å². The zero-order valence-electron chi connectivity index (χ0n) is 23.3. The van der Waals surface area contributed by atoms with Crippen LogP contribution in [0.5, 0.6) is 5.75 Å². The molecule has 0 aliphatic heterocycles. The number of aryl methyl sites for hydroxylation is 2. The lowest BCUT2D eigenvalue weighted by Crippen LogP contribution is -2.28. The van der Waals surface area contributed by atoms with E-state index in [0.29, 0.717) is 30.2 Å². The molecule has 0 spiro atoms. The summed E-state index contributed by atoms with van der Waals surface area (Å²) in [7, 11) is 0. The summed E-state index contributed by atoms with van der Waals surface area (Å²) in [6.07, 6.45) is 3.22. The molecule has 5 rings (SSSR count). The maximum absolute atomic E-state index is 13.9. The molecule has 0 atom stereocenters. The predicted octanol–water partition coefficient (Wildman–Crippen LogP) is 6.31. The molecule has 0 aliphatic rings. The molecule has 2 aromatic heterocycles. The van der Waals surface area contributed by atoms with Gasteiger partial charge in [-0.3, -0.25) is 18.9 Å². The van der Waals surface area contributed by atoms with E-state index in [2.05, 4.69) is 17.1 Å². The van der Waals surface area contributed by atoms with Gasteiger partial charge in [-0.15, -0.1) is 12.4 Å². The molecule has 9 heteroatoms. The van der Waals surface area contributed by atoms with Crippen LogP contribution >= 0.6 is 12.4 Å². The van der Waals surface area contributed by atoms with Crippen molar-refractivity contribution < 1.29 is 9.26 Å². The number of benzene rings is 3. The van der Waals surface area contributed by atoms with E-state index in [4.69, 9.17) is 14.2 Å². The Balaban J connectivity index is 0.00000387. The van der Waals surface area contributed by atoms with Gasteiger partial charge in [0.2, 0.25) is 0 Å². The van der Waals surface area contributed by atoms with Gasteiger partial charge >= 0.3 is 5.76 Å². The van der Waals surface area contributed by atoms with E-state index in [1.165, 1.54) is 0 Å². The van der Waals surface area contributed by atoms with E-state index in [1.807, 2.05) is 86.6 Å². The van der Waals surface area contributed by atoms with Crippen molar-refractivity contribution in [2.24, 2.45) is 0 Å². The highest BCUT2D eigenvalue weighted by atomic mass is 35.5. The van der Waals surface area contributed by atoms with Gasteiger partial charge in [0.15, 0.2) is 5.82 Å². The summed E-state index contributed by atoms with van der Waals surface area (Å²) >= 11 is 0. The topological polar surface area (TPSA) is 103 Å². The zero-order chi connectivity index (χ0) is 28.1. The molecule has 0 amide bonds. The van der Waals surface area contributed by atoms with E-state index < -0.39 is 5.76 Å². The maximum Gasteiger partial charge on any atom is 0.439 e. The maximum atomic E-state index is 13.9. The first-order valence-corrected chi connectivity index (χ1v) is 13.6. The Hall–Kier alpha value is -4.43. The number of hydrogen-bond acceptors (Lipinski definition) is 6. The van der Waals surface area contributed by atoms with Crippen LogP contribution in [0.3, 0.4) is 0 Å². The highest BCUT2D eigenvalue weighted by Crippen LogP contribution is 2.30. The fourth-order valence-corrected chi connectivity index (χ4v) is 4.90. The average molecular weight is 573 g/mol. The molecule has 0 radical (unpaired) electrons. The Kier molecular flexibility index (Phi) is 9.57. The number of ether oxygens (including phenoxy) is 1. The molecule has 0 saturated carbocycles. The Morgan fingerprint density at radius 3 is 2.27 bits per heavy atom. The Bertz CT molecular complexity index is 1720. The lowest BCUT2D eigenvalue weighted by atomic mass is 9.96. The third-order valence-corrected chi connectivity index (χ3v) is 6.87. The van der Waals surface area contributed by atoms with Gasteiger partial charge in [0.05, 0.1) is 18.0 Å². The number of nitrogens with one attached hydrogen (secondary N) is 1. The summed E-state index contributed by atoms with van der Waals surface area (Å²) in [6, 6.07) is 23.3. The summed E-state index contributed by atoms with van der Waals surface area (Å²) in [5.41, 5.74) is 5.93. The van der Waals surface area contributed by atoms with Crippen LogP contribution in [-0.2, 0) is 12.8 Å². The fourth-order valence-electron chi connectivity index (χ4n) is 4.90. The standard InChI is InChI=1S/C32H32N4O4.ClH/c1-4-6-11-29-28(31(37)36(21(3)33-29)24-16-18-25(19-17-24)39-5-2)20-22-12-14-23(15-13-22)26-9-7-8-10-27(26)30-34-32(38)40-35-30;/h7-10,12-19H,4-6,11,20H2,1-3H3,(H,34,35,38);1H. The minimum atomic E-state index is -0.596. The van der Waals surface area contributed by atoms with Crippen LogP contribution in [0.25, 0.3) is 28.2 Å². The number of aromatic nitrogens is 4. The fraction of sp³-hybridized carbons (Fsp3) is 0.250. The minimum Gasteiger partial charge on any atom is -0.494 e.